The molecule has 1 amide bonds. The number of piperidine rings is 1. The second-order valence-electron chi connectivity index (χ2n) is 7.20. The minimum Gasteiger partial charge on any atom is -0.380 e. The molecule has 1 unspecified atom stereocenters. The van der Waals surface area contributed by atoms with Crippen molar-refractivity contribution >= 4 is 11.6 Å². The number of rotatable bonds is 5. The van der Waals surface area contributed by atoms with Gasteiger partial charge in [-0.15, -0.1) is 0 Å². The highest BCUT2D eigenvalue weighted by Crippen LogP contribution is 2.20. The number of benzene rings is 2. The van der Waals surface area contributed by atoms with Crippen LogP contribution in [0, 0.1) is 11.6 Å². The minimum absolute atomic E-state index is 0.00561. The van der Waals surface area contributed by atoms with Crippen molar-refractivity contribution < 1.29 is 13.6 Å². The Labute approximate surface area is 168 Å². The first kappa shape index (κ1) is 19.1. The highest BCUT2D eigenvalue weighted by atomic mass is 19.2. The minimum atomic E-state index is -0.882. The first-order valence-corrected chi connectivity index (χ1v) is 9.66. The van der Waals surface area contributed by atoms with Crippen molar-refractivity contribution in [1.82, 2.24) is 14.5 Å². The molecule has 2 aromatic carbocycles. The summed E-state index contributed by atoms with van der Waals surface area (Å²) in [4.78, 5) is 19.1. The second-order valence-corrected chi connectivity index (χ2v) is 7.20. The third-order valence-electron chi connectivity index (χ3n) is 5.12. The fourth-order valence-corrected chi connectivity index (χ4v) is 3.67. The van der Waals surface area contributed by atoms with Crippen LogP contribution in [0.4, 0.5) is 14.5 Å². The quantitative estimate of drug-likeness (QED) is 0.711. The summed E-state index contributed by atoms with van der Waals surface area (Å²) in [6.07, 6.45) is 5.21. The molecule has 5 nitrogen and oxygen atoms in total. The average Bonchev–Trinajstić information content (AvgIpc) is 3.20. The van der Waals surface area contributed by atoms with Gasteiger partial charge in [-0.25, -0.2) is 13.8 Å². The monoisotopic (exact) mass is 396 g/mol. The van der Waals surface area contributed by atoms with Gasteiger partial charge in [0, 0.05) is 48.8 Å². The Hall–Kier alpha value is -3.22. The molecule has 1 N–H and O–H groups in total. The number of aromatic nitrogens is 2. The van der Waals surface area contributed by atoms with E-state index < -0.39 is 11.6 Å². The maximum absolute atomic E-state index is 13.4. The van der Waals surface area contributed by atoms with Gasteiger partial charge in [-0.2, -0.15) is 0 Å². The van der Waals surface area contributed by atoms with Gasteiger partial charge in [0.1, 0.15) is 12.4 Å². The van der Waals surface area contributed by atoms with Crippen molar-refractivity contribution in [3.8, 4) is 11.4 Å². The number of amides is 1. The summed E-state index contributed by atoms with van der Waals surface area (Å²) >= 11 is 0. The smallest absolute Gasteiger partial charge is 0.242 e. The number of halogens is 2. The molecular formula is C22H22F2N4O. The van der Waals surface area contributed by atoms with E-state index in [1.807, 2.05) is 39.8 Å². The number of imidazole rings is 1. The standard InChI is InChI=1S/C22H22F2N4O/c23-19-9-8-17(13-20(19)24)26-18-7-4-11-27(14-18)21(29)15-28-12-10-25-22(28)16-5-2-1-3-6-16/h1-3,5-6,8-10,12-13,18,26H,4,7,11,14-15H2. The average molecular weight is 396 g/mol. The van der Waals surface area contributed by atoms with Gasteiger partial charge in [-0.1, -0.05) is 30.3 Å². The summed E-state index contributed by atoms with van der Waals surface area (Å²) in [5.41, 5.74) is 1.48. The summed E-state index contributed by atoms with van der Waals surface area (Å²) in [5, 5.41) is 3.21. The lowest BCUT2D eigenvalue weighted by Gasteiger charge is -2.34. The number of hydrogen-bond acceptors (Lipinski definition) is 3. The Kier molecular flexibility index (Phi) is 5.55. The van der Waals surface area contributed by atoms with Crippen LogP contribution in [0.25, 0.3) is 11.4 Å². The van der Waals surface area contributed by atoms with E-state index in [9.17, 15) is 13.6 Å². The van der Waals surface area contributed by atoms with Crippen molar-refractivity contribution in [2.45, 2.75) is 25.4 Å². The Bertz CT molecular complexity index is 989. The largest absolute Gasteiger partial charge is 0.380 e. The van der Waals surface area contributed by atoms with Crippen LogP contribution in [0.5, 0.6) is 0 Å². The topological polar surface area (TPSA) is 50.2 Å². The molecule has 3 aromatic rings. The molecule has 1 saturated heterocycles. The van der Waals surface area contributed by atoms with Crippen LogP contribution in [-0.2, 0) is 11.3 Å². The molecule has 7 heteroatoms. The number of carbonyl (C=O) groups is 1. The molecule has 0 bridgehead atoms. The van der Waals surface area contributed by atoms with E-state index in [0.717, 1.165) is 36.4 Å². The Morgan fingerprint density at radius 2 is 1.97 bits per heavy atom. The molecule has 150 valence electrons. The third kappa shape index (κ3) is 4.45. The molecule has 1 atom stereocenters. The summed E-state index contributed by atoms with van der Waals surface area (Å²) in [6.45, 7) is 1.42. The lowest BCUT2D eigenvalue weighted by Crippen LogP contribution is -2.46. The van der Waals surface area contributed by atoms with E-state index in [1.54, 1.807) is 12.4 Å². The van der Waals surface area contributed by atoms with Crippen LogP contribution in [0.15, 0.2) is 60.9 Å². The summed E-state index contributed by atoms with van der Waals surface area (Å²) in [5.74, 6) is -0.984. The van der Waals surface area contributed by atoms with Gasteiger partial charge in [-0.05, 0) is 25.0 Å². The van der Waals surface area contributed by atoms with Gasteiger partial charge in [0.25, 0.3) is 0 Å². The number of carbonyl (C=O) groups excluding carboxylic acids is 1. The molecule has 1 fully saturated rings. The lowest BCUT2D eigenvalue weighted by atomic mass is 10.1. The molecule has 0 spiro atoms. The first-order valence-electron chi connectivity index (χ1n) is 9.66. The fourth-order valence-electron chi connectivity index (χ4n) is 3.67. The lowest BCUT2D eigenvalue weighted by molar-refractivity contribution is -0.132. The van der Waals surface area contributed by atoms with Crippen molar-refractivity contribution in [2.75, 3.05) is 18.4 Å². The van der Waals surface area contributed by atoms with E-state index >= 15 is 0 Å². The zero-order valence-electron chi connectivity index (χ0n) is 15.9. The van der Waals surface area contributed by atoms with Crippen LogP contribution >= 0.6 is 0 Å². The SMILES string of the molecule is O=C(Cn1ccnc1-c1ccccc1)N1CCCC(Nc2ccc(F)c(F)c2)C1. The predicted molar refractivity (Wildman–Crippen MR) is 107 cm³/mol. The Morgan fingerprint density at radius 3 is 2.76 bits per heavy atom. The van der Waals surface area contributed by atoms with Gasteiger partial charge < -0.3 is 14.8 Å². The molecule has 29 heavy (non-hydrogen) atoms. The summed E-state index contributed by atoms with van der Waals surface area (Å²) < 4.78 is 28.4. The van der Waals surface area contributed by atoms with E-state index in [4.69, 9.17) is 0 Å². The van der Waals surface area contributed by atoms with Crippen LogP contribution in [0.2, 0.25) is 0 Å². The van der Waals surface area contributed by atoms with Gasteiger partial charge in [0.2, 0.25) is 5.91 Å². The molecule has 1 aliphatic rings. The molecule has 4 rings (SSSR count). The molecule has 0 saturated carbocycles. The first-order chi connectivity index (χ1) is 14.1. The van der Waals surface area contributed by atoms with Gasteiger partial charge >= 0.3 is 0 Å². The van der Waals surface area contributed by atoms with E-state index in [2.05, 4.69) is 10.3 Å². The van der Waals surface area contributed by atoms with Gasteiger partial charge in [0.05, 0.1) is 0 Å². The van der Waals surface area contributed by atoms with Crippen molar-refractivity contribution in [2.24, 2.45) is 0 Å². The number of nitrogens with one attached hydrogen (secondary N) is 1. The zero-order valence-corrected chi connectivity index (χ0v) is 15.9. The number of hydrogen-bond donors (Lipinski definition) is 1. The third-order valence-corrected chi connectivity index (χ3v) is 5.12. The number of likely N-dealkylation sites (tertiary alicyclic amines) is 1. The zero-order chi connectivity index (χ0) is 20.2. The molecule has 1 aromatic heterocycles. The Balaban J connectivity index is 1.41. The molecule has 2 heterocycles. The van der Waals surface area contributed by atoms with E-state index in [0.29, 0.717) is 18.8 Å². The number of nitrogens with zero attached hydrogens (tertiary/aromatic N) is 3. The van der Waals surface area contributed by atoms with Crippen LogP contribution in [0.3, 0.4) is 0 Å². The predicted octanol–water partition coefficient (Wildman–Crippen LogP) is 3.93. The van der Waals surface area contributed by atoms with Crippen molar-refractivity contribution in [3.63, 3.8) is 0 Å². The molecular weight excluding hydrogens is 374 g/mol. The number of anilines is 1. The maximum Gasteiger partial charge on any atom is 0.242 e. The van der Waals surface area contributed by atoms with Crippen molar-refractivity contribution in [1.29, 1.82) is 0 Å². The van der Waals surface area contributed by atoms with Crippen LogP contribution in [-0.4, -0.2) is 39.5 Å². The summed E-state index contributed by atoms with van der Waals surface area (Å²) in [7, 11) is 0. The van der Waals surface area contributed by atoms with Crippen LogP contribution < -0.4 is 5.32 Å². The molecule has 0 radical (unpaired) electrons. The Morgan fingerprint density at radius 1 is 1.14 bits per heavy atom. The van der Waals surface area contributed by atoms with Crippen molar-refractivity contribution in [3.05, 3.63) is 72.6 Å². The normalized spacial score (nSPS) is 16.6. The second kappa shape index (κ2) is 8.43. The van der Waals surface area contributed by atoms with E-state index in [-0.39, 0.29) is 18.5 Å². The van der Waals surface area contributed by atoms with Crippen LogP contribution in [0.1, 0.15) is 12.8 Å². The van der Waals surface area contributed by atoms with E-state index in [1.165, 1.54) is 6.07 Å². The highest BCUT2D eigenvalue weighted by Gasteiger charge is 2.24. The summed E-state index contributed by atoms with van der Waals surface area (Å²) in [6, 6.07) is 13.5. The fraction of sp³-hybridized carbons (Fsp3) is 0.273. The highest BCUT2D eigenvalue weighted by molar-refractivity contribution is 5.77. The maximum atomic E-state index is 13.4. The van der Waals surface area contributed by atoms with Gasteiger partial charge in [-0.3, -0.25) is 4.79 Å². The molecule has 1 aliphatic heterocycles. The molecule has 0 aliphatic carbocycles. The van der Waals surface area contributed by atoms with Gasteiger partial charge in [0.15, 0.2) is 11.6 Å².